The number of aryl methyl sites for hydroxylation is 1. The maximum Gasteiger partial charge on any atom is 0.0658 e. The van der Waals surface area contributed by atoms with Gasteiger partial charge >= 0.3 is 0 Å². The number of aliphatic imine (C=N–C) groups is 1. The van der Waals surface area contributed by atoms with E-state index in [1.54, 1.807) is 0 Å². The number of para-hydroxylation sites is 1. The summed E-state index contributed by atoms with van der Waals surface area (Å²) >= 11 is 0. The fourth-order valence-electron chi connectivity index (χ4n) is 2.56. The summed E-state index contributed by atoms with van der Waals surface area (Å²) in [5.41, 5.74) is 3.62. The lowest BCUT2D eigenvalue weighted by atomic mass is 9.99. The zero-order chi connectivity index (χ0) is 12.3. The maximum atomic E-state index is 4.81. The molecule has 1 aliphatic rings. The SMILES string of the molecule is CC(=Nc1ccccc1C)C1CCCCN1C. The summed E-state index contributed by atoms with van der Waals surface area (Å²) < 4.78 is 0. The fourth-order valence-corrected chi connectivity index (χ4v) is 2.56. The van der Waals surface area contributed by atoms with Crippen molar-refractivity contribution in [1.29, 1.82) is 0 Å². The molecule has 0 saturated carbocycles. The quantitative estimate of drug-likeness (QED) is 0.709. The fraction of sp³-hybridized carbons (Fsp3) is 0.533. The van der Waals surface area contributed by atoms with Crippen molar-refractivity contribution >= 4 is 11.4 Å². The molecule has 2 nitrogen and oxygen atoms in total. The molecule has 2 rings (SSSR count). The van der Waals surface area contributed by atoms with E-state index in [9.17, 15) is 0 Å². The van der Waals surface area contributed by atoms with Gasteiger partial charge in [-0.1, -0.05) is 24.6 Å². The molecule has 0 N–H and O–H groups in total. The molecule has 1 fully saturated rings. The van der Waals surface area contributed by atoms with Crippen molar-refractivity contribution in [1.82, 2.24) is 4.90 Å². The van der Waals surface area contributed by atoms with E-state index in [0.29, 0.717) is 6.04 Å². The van der Waals surface area contributed by atoms with E-state index in [2.05, 4.69) is 50.1 Å². The Balaban J connectivity index is 2.18. The van der Waals surface area contributed by atoms with Crippen molar-refractivity contribution in [2.24, 2.45) is 4.99 Å². The Bertz CT molecular complexity index is 409. The normalized spacial score (nSPS) is 22.8. The molecule has 1 atom stereocenters. The zero-order valence-electron chi connectivity index (χ0n) is 11.1. The largest absolute Gasteiger partial charge is 0.298 e. The number of hydrogen-bond acceptors (Lipinski definition) is 2. The average molecular weight is 230 g/mol. The van der Waals surface area contributed by atoms with Crippen LogP contribution in [0.25, 0.3) is 0 Å². The van der Waals surface area contributed by atoms with E-state index in [0.717, 1.165) is 5.69 Å². The molecule has 1 aromatic carbocycles. The average Bonchev–Trinajstić information content (AvgIpc) is 2.32. The highest BCUT2D eigenvalue weighted by molar-refractivity contribution is 5.89. The molecule has 17 heavy (non-hydrogen) atoms. The highest BCUT2D eigenvalue weighted by Crippen LogP contribution is 2.21. The molecule has 0 radical (unpaired) electrons. The van der Waals surface area contributed by atoms with Gasteiger partial charge in [-0.3, -0.25) is 9.89 Å². The molecular formula is C15H22N2. The van der Waals surface area contributed by atoms with Crippen LogP contribution in [0.15, 0.2) is 29.3 Å². The van der Waals surface area contributed by atoms with Crippen LogP contribution in [-0.2, 0) is 0 Å². The van der Waals surface area contributed by atoms with E-state index in [1.165, 1.54) is 37.1 Å². The Morgan fingerprint density at radius 2 is 2.06 bits per heavy atom. The first-order valence-corrected chi connectivity index (χ1v) is 6.49. The lowest BCUT2D eigenvalue weighted by molar-refractivity contribution is 0.235. The van der Waals surface area contributed by atoms with E-state index in [1.807, 2.05) is 0 Å². The molecule has 1 saturated heterocycles. The monoisotopic (exact) mass is 230 g/mol. The Kier molecular flexibility index (Phi) is 3.95. The number of nitrogens with zero attached hydrogens (tertiary/aromatic N) is 2. The smallest absolute Gasteiger partial charge is 0.0658 e. The van der Waals surface area contributed by atoms with Crippen LogP contribution in [0.5, 0.6) is 0 Å². The second kappa shape index (κ2) is 5.46. The molecule has 0 aromatic heterocycles. The second-order valence-corrected chi connectivity index (χ2v) is 5.03. The molecule has 0 spiro atoms. The number of piperidine rings is 1. The summed E-state index contributed by atoms with van der Waals surface area (Å²) in [6.07, 6.45) is 3.90. The van der Waals surface area contributed by atoms with E-state index in [-0.39, 0.29) is 0 Å². The second-order valence-electron chi connectivity index (χ2n) is 5.03. The Hall–Kier alpha value is -1.15. The van der Waals surface area contributed by atoms with Crippen LogP contribution in [0.3, 0.4) is 0 Å². The molecule has 0 bridgehead atoms. The predicted molar refractivity (Wildman–Crippen MR) is 74.2 cm³/mol. The lowest BCUT2D eigenvalue weighted by Crippen LogP contribution is -2.40. The first kappa shape index (κ1) is 12.3. The van der Waals surface area contributed by atoms with Gasteiger partial charge in [-0.15, -0.1) is 0 Å². The van der Waals surface area contributed by atoms with Gasteiger partial charge in [0.2, 0.25) is 0 Å². The number of likely N-dealkylation sites (tertiary alicyclic amines) is 1. The van der Waals surface area contributed by atoms with Crippen molar-refractivity contribution in [3.05, 3.63) is 29.8 Å². The molecule has 92 valence electrons. The lowest BCUT2D eigenvalue weighted by Gasteiger charge is -2.32. The van der Waals surface area contributed by atoms with Crippen molar-refractivity contribution in [3.8, 4) is 0 Å². The van der Waals surface area contributed by atoms with Gasteiger partial charge in [-0.25, -0.2) is 0 Å². The summed E-state index contributed by atoms with van der Waals surface area (Å²) in [5, 5.41) is 0. The van der Waals surface area contributed by atoms with Gasteiger partial charge in [0.05, 0.1) is 5.69 Å². The maximum absolute atomic E-state index is 4.81. The van der Waals surface area contributed by atoms with Crippen LogP contribution < -0.4 is 0 Å². The van der Waals surface area contributed by atoms with Gasteiger partial charge in [-0.05, 0) is 51.9 Å². The molecular weight excluding hydrogens is 208 g/mol. The van der Waals surface area contributed by atoms with Crippen molar-refractivity contribution < 1.29 is 0 Å². The standard InChI is InChI=1S/C15H22N2/c1-12-8-4-5-9-14(12)16-13(2)15-10-6-7-11-17(15)3/h4-5,8-9,15H,6-7,10-11H2,1-3H3. The Morgan fingerprint density at radius 3 is 2.76 bits per heavy atom. The number of rotatable bonds is 2. The van der Waals surface area contributed by atoms with Gasteiger partial charge in [-0.2, -0.15) is 0 Å². The summed E-state index contributed by atoms with van der Waals surface area (Å²) in [5.74, 6) is 0. The number of hydrogen-bond donors (Lipinski definition) is 0. The van der Waals surface area contributed by atoms with Crippen molar-refractivity contribution in [2.45, 2.75) is 39.2 Å². The molecule has 1 aliphatic heterocycles. The summed E-state index contributed by atoms with van der Waals surface area (Å²) in [7, 11) is 2.21. The van der Waals surface area contributed by atoms with Crippen LogP contribution in [0.4, 0.5) is 5.69 Å². The Morgan fingerprint density at radius 1 is 1.29 bits per heavy atom. The topological polar surface area (TPSA) is 15.6 Å². The van der Waals surface area contributed by atoms with Crippen LogP contribution in [-0.4, -0.2) is 30.2 Å². The third-order valence-corrected chi connectivity index (χ3v) is 3.66. The third-order valence-electron chi connectivity index (χ3n) is 3.66. The van der Waals surface area contributed by atoms with E-state index < -0.39 is 0 Å². The van der Waals surface area contributed by atoms with Crippen LogP contribution in [0.1, 0.15) is 31.7 Å². The third kappa shape index (κ3) is 2.95. The van der Waals surface area contributed by atoms with Gasteiger partial charge < -0.3 is 0 Å². The highest BCUT2D eigenvalue weighted by atomic mass is 15.1. The van der Waals surface area contributed by atoms with Gasteiger partial charge in [0.15, 0.2) is 0 Å². The highest BCUT2D eigenvalue weighted by Gasteiger charge is 2.21. The van der Waals surface area contributed by atoms with Crippen LogP contribution in [0.2, 0.25) is 0 Å². The van der Waals surface area contributed by atoms with E-state index >= 15 is 0 Å². The minimum Gasteiger partial charge on any atom is -0.298 e. The van der Waals surface area contributed by atoms with Crippen molar-refractivity contribution in [3.63, 3.8) is 0 Å². The molecule has 0 amide bonds. The molecule has 1 unspecified atom stereocenters. The molecule has 1 aromatic rings. The molecule has 1 heterocycles. The van der Waals surface area contributed by atoms with Crippen LogP contribution in [0, 0.1) is 6.92 Å². The summed E-state index contributed by atoms with van der Waals surface area (Å²) in [6.45, 7) is 5.49. The zero-order valence-corrected chi connectivity index (χ0v) is 11.1. The van der Waals surface area contributed by atoms with Crippen molar-refractivity contribution in [2.75, 3.05) is 13.6 Å². The molecule has 2 heteroatoms. The summed E-state index contributed by atoms with van der Waals surface area (Å²) in [6, 6.07) is 8.88. The van der Waals surface area contributed by atoms with Crippen LogP contribution >= 0.6 is 0 Å². The number of benzene rings is 1. The van der Waals surface area contributed by atoms with Gasteiger partial charge in [0.25, 0.3) is 0 Å². The van der Waals surface area contributed by atoms with Gasteiger partial charge in [0.1, 0.15) is 0 Å². The first-order valence-electron chi connectivity index (χ1n) is 6.49. The summed E-state index contributed by atoms with van der Waals surface area (Å²) in [4.78, 5) is 7.24. The Labute approximate surface area is 104 Å². The predicted octanol–water partition coefficient (Wildman–Crippen LogP) is 3.57. The first-order chi connectivity index (χ1) is 8.18. The minimum absolute atomic E-state index is 0.531. The van der Waals surface area contributed by atoms with Gasteiger partial charge in [0, 0.05) is 11.8 Å². The van der Waals surface area contributed by atoms with E-state index in [4.69, 9.17) is 4.99 Å². The molecule has 0 aliphatic carbocycles. The minimum atomic E-state index is 0.531.